The molecule has 2 aromatic rings. The van der Waals surface area contributed by atoms with E-state index in [1.54, 1.807) is 11.1 Å². The number of likely N-dealkylation sites (tertiary alicyclic amines) is 1. The number of piperidine rings is 2. The maximum Gasteiger partial charge on any atom is 0.328 e. The quantitative estimate of drug-likeness (QED) is 0.701. The summed E-state index contributed by atoms with van der Waals surface area (Å²) in [6.07, 6.45) is 7.38. The van der Waals surface area contributed by atoms with Gasteiger partial charge in [0.1, 0.15) is 11.3 Å². The molecule has 5 rings (SSSR count). The molecule has 0 radical (unpaired) electrons. The Balaban J connectivity index is 1.35. The van der Waals surface area contributed by atoms with Gasteiger partial charge in [0.25, 0.3) is 0 Å². The van der Waals surface area contributed by atoms with Gasteiger partial charge in [-0.15, -0.1) is 0 Å². The lowest BCUT2D eigenvalue weighted by atomic mass is 9.92. The van der Waals surface area contributed by atoms with E-state index in [2.05, 4.69) is 40.1 Å². The van der Waals surface area contributed by atoms with Gasteiger partial charge in [0.05, 0.1) is 11.9 Å². The maximum absolute atomic E-state index is 15.2. The van der Waals surface area contributed by atoms with E-state index in [0.717, 1.165) is 50.1 Å². The largest absolute Gasteiger partial charge is 0.329 e. The van der Waals surface area contributed by atoms with Crippen LogP contribution in [0.2, 0.25) is 0 Å². The number of anilines is 1. The number of nitrogens with one attached hydrogen (secondary N) is 2. The van der Waals surface area contributed by atoms with Gasteiger partial charge < -0.3 is 14.8 Å². The third kappa shape index (κ3) is 4.55. The Labute approximate surface area is 199 Å². The molecule has 9 heteroatoms. The van der Waals surface area contributed by atoms with Gasteiger partial charge in [0, 0.05) is 50.2 Å². The summed E-state index contributed by atoms with van der Waals surface area (Å²) in [5.74, 6) is 0.0680. The summed E-state index contributed by atoms with van der Waals surface area (Å²) in [6.45, 7) is 8.54. The number of carbonyl (C=O) groups is 2. The van der Waals surface area contributed by atoms with Crippen LogP contribution in [0.4, 0.5) is 14.9 Å². The van der Waals surface area contributed by atoms with Gasteiger partial charge in [-0.05, 0) is 56.3 Å². The van der Waals surface area contributed by atoms with Crippen LogP contribution in [0.3, 0.4) is 0 Å². The lowest BCUT2D eigenvalue weighted by molar-refractivity contribution is -0.120. The van der Waals surface area contributed by atoms with Crippen molar-refractivity contribution in [1.29, 1.82) is 0 Å². The fraction of sp³-hybridized carbons (Fsp3) is 0.640. The van der Waals surface area contributed by atoms with Crippen molar-refractivity contribution in [2.75, 3.05) is 44.2 Å². The predicted molar refractivity (Wildman–Crippen MR) is 130 cm³/mol. The van der Waals surface area contributed by atoms with E-state index in [0.29, 0.717) is 43.6 Å². The molecule has 0 aliphatic carbocycles. The highest BCUT2D eigenvalue weighted by atomic mass is 19.1. The predicted octanol–water partition coefficient (Wildman–Crippen LogP) is 3.33. The second kappa shape index (κ2) is 9.26. The van der Waals surface area contributed by atoms with Crippen LogP contribution >= 0.6 is 0 Å². The molecule has 5 heterocycles. The second-order valence-corrected chi connectivity index (χ2v) is 10.4. The zero-order valence-electron chi connectivity index (χ0n) is 20.1. The molecule has 0 aromatic carbocycles. The van der Waals surface area contributed by atoms with Crippen LogP contribution in [-0.4, -0.2) is 71.3 Å². The number of hydrogen-bond acceptors (Lipinski definition) is 5. The normalized spacial score (nSPS) is 22.5. The van der Waals surface area contributed by atoms with Gasteiger partial charge in [-0.1, -0.05) is 13.8 Å². The molecule has 2 aromatic heterocycles. The average molecular weight is 471 g/mol. The first-order chi connectivity index (χ1) is 16.3. The van der Waals surface area contributed by atoms with Gasteiger partial charge in [-0.2, -0.15) is 0 Å². The van der Waals surface area contributed by atoms with E-state index in [1.807, 2.05) is 6.07 Å². The van der Waals surface area contributed by atoms with Gasteiger partial charge >= 0.3 is 6.03 Å². The monoisotopic (exact) mass is 470 g/mol. The summed E-state index contributed by atoms with van der Waals surface area (Å²) in [7, 11) is 0. The van der Waals surface area contributed by atoms with Crippen molar-refractivity contribution in [3.05, 3.63) is 24.0 Å². The molecule has 2 N–H and O–H groups in total. The van der Waals surface area contributed by atoms with Crippen LogP contribution in [-0.2, 0) is 4.79 Å². The lowest BCUT2D eigenvalue weighted by Gasteiger charge is -2.39. The Morgan fingerprint density at radius 3 is 2.59 bits per heavy atom. The third-order valence-corrected chi connectivity index (χ3v) is 7.63. The topological polar surface area (TPSA) is 82.5 Å². The summed E-state index contributed by atoms with van der Waals surface area (Å²) in [5, 5.41) is 6.69. The van der Waals surface area contributed by atoms with E-state index in [-0.39, 0.29) is 12.3 Å². The van der Waals surface area contributed by atoms with Crippen molar-refractivity contribution in [2.24, 2.45) is 0 Å². The third-order valence-electron chi connectivity index (χ3n) is 7.63. The van der Waals surface area contributed by atoms with Crippen LogP contribution in [0.25, 0.3) is 11.0 Å². The zero-order valence-corrected chi connectivity index (χ0v) is 20.1. The van der Waals surface area contributed by atoms with Gasteiger partial charge in [-0.25, -0.2) is 14.2 Å². The molecular formula is C25H35FN6O2. The van der Waals surface area contributed by atoms with Crippen molar-refractivity contribution >= 4 is 28.7 Å². The molecule has 0 atom stereocenters. The van der Waals surface area contributed by atoms with Gasteiger partial charge in [0.15, 0.2) is 0 Å². The molecule has 3 amide bonds. The Kier molecular flexibility index (Phi) is 6.33. The summed E-state index contributed by atoms with van der Waals surface area (Å²) < 4.78 is 17.5. The minimum atomic E-state index is -1.06. The fourth-order valence-corrected chi connectivity index (χ4v) is 5.63. The van der Waals surface area contributed by atoms with E-state index < -0.39 is 11.7 Å². The molecule has 0 saturated carbocycles. The molecule has 34 heavy (non-hydrogen) atoms. The number of nitrogens with zero attached hydrogens (tertiary/aromatic N) is 4. The summed E-state index contributed by atoms with van der Waals surface area (Å²) in [5.41, 5.74) is 1.78. The number of fused-ring (bicyclic) bond motifs is 1. The SMILES string of the molecule is CC(C)c1cn(C2CCN(CC3(F)CCNCC3)CC2)c2ncc(N3CCC(=O)NC3=O)cc12. The number of urea groups is 1. The first-order valence-corrected chi connectivity index (χ1v) is 12.6. The molecule has 3 saturated heterocycles. The van der Waals surface area contributed by atoms with E-state index in [1.165, 1.54) is 5.56 Å². The highest BCUT2D eigenvalue weighted by Crippen LogP contribution is 2.35. The minimum Gasteiger partial charge on any atom is -0.329 e. The molecule has 3 aliphatic rings. The smallest absolute Gasteiger partial charge is 0.328 e. The zero-order chi connectivity index (χ0) is 23.9. The average Bonchev–Trinajstić information content (AvgIpc) is 3.19. The summed E-state index contributed by atoms with van der Waals surface area (Å²) in [6, 6.07) is 1.96. The van der Waals surface area contributed by atoms with Crippen LogP contribution in [0.15, 0.2) is 18.5 Å². The Morgan fingerprint density at radius 1 is 1.18 bits per heavy atom. The first kappa shape index (κ1) is 23.2. The van der Waals surface area contributed by atoms with Crippen LogP contribution in [0.5, 0.6) is 0 Å². The van der Waals surface area contributed by atoms with Crippen LogP contribution in [0.1, 0.15) is 63.5 Å². The Bertz CT molecular complexity index is 1070. The van der Waals surface area contributed by atoms with E-state index in [9.17, 15) is 9.59 Å². The Hall–Kier alpha value is -2.52. The summed E-state index contributed by atoms with van der Waals surface area (Å²) >= 11 is 0. The highest BCUT2D eigenvalue weighted by molar-refractivity contribution is 6.06. The van der Waals surface area contributed by atoms with E-state index in [4.69, 9.17) is 4.98 Å². The van der Waals surface area contributed by atoms with Gasteiger partial charge in [-0.3, -0.25) is 15.0 Å². The van der Waals surface area contributed by atoms with Crippen LogP contribution < -0.4 is 15.5 Å². The van der Waals surface area contributed by atoms with Crippen molar-refractivity contribution in [3.8, 4) is 0 Å². The number of carbonyl (C=O) groups excluding carboxylic acids is 2. The minimum absolute atomic E-state index is 0.241. The number of alkyl halides is 1. The number of imide groups is 1. The molecule has 3 aliphatic heterocycles. The lowest BCUT2D eigenvalue weighted by Crippen LogP contribution is -2.49. The molecule has 0 bridgehead atoms. The fourth-order valence-electron chi connectivity index (χ4n) is 5.63. The number of hydrogen-bond donors (Lipinski definition) is 2. The molecule has 3 fully saturated rings. The highest BCUT2D eigenvalue weighted by Gasteiger charge is 2.35. The Morgan fingerprint density at radius 2 is 1.91 bits per heavy atom. The van der Waals surface area contributed by atoms with Crippen molar-refractivity contribution in [2.45, 2.75) is 63.6 Å². The van der Waals surface area contributed by atoms with E-state index >= 15 is 4.39 Å². The number of pyridine rings is 1. The number of halogens is 1. The summed E-state index contributed by atoms with van der Waals surface area (Å²) in [4.78, 5) is 32.5. The van der Waals surface area contributed by atoms with Crippen molar-refractivity contribution < 1.29 is 14.0 Å². The molecule has 184 valence electrons. The maximum atomic E-state index is 15.2. The molecule has 0 spiro atoms. The number of rotatable bonds is 5. The molecular weight excluding hydrogens is 435 g/mol. The standard InChI is InChI=1S/C25H35FN6O2/c1-17(2)21-15-32(18-3-10-30(11-4-18)16-25(26)6-8-27-9-7-25)23-20(21)13-19(14-28-23)31-12-5-22(33)29-24(31)34/h13-15,17-18,27H,3-12,16H2,1-2H3,(H,29,33,34). The number of aromatic nitrogens is 2. The van der Waals surface area contributed by atoms with Crippen molar-refractivity contribution in [1.82, 2.24) is 25.1 Å². The number of amides is 3. The first-order valence-electron chi connectivity index (χ1n) is 12.6. The van der Waals surface area contributed by atoms with Gasteiger partial charge in [0.2, 0.25) is 5.91 Å². The molecule has 0 unspecified atom stereocenters. The second-order valence-electron chi connectivity index (χ2n) is 10.4. The van der Waals surface area contributed by atoms with Crippen LogP contribution in [0, 0.1) is 0 Å². The molecule has 8 nitrogen and oxygen atoms in total. The van der Waals surface area contributed by atoms with Crippen molar-refractivity contribution in [3.63, 3.8) is 0 Å².